The van der Waals surface area contributed by atoms with Gasteiger partial charge in [0.1, 0.15) is 11.6 Å². The molecule has 0 radical (unpaired) electrons. The fraction of sp³-hybridized carbons (Fsp3) is 0.235. The molecule has 4 heteroatoms. The Balaban J connectivity index is 1.96. The third kappa shape index (κ3) is 4.13. The molecule has 3 nitrogen and oxygen atoms in total. The van der Waals surface area contributed by atoms with E-state index < -0.39 is 18.0 Å². The normalized spacial score (nSPS) is 13.5. The SMILES string of the molecule is C[C@@H](c1ccccc1F)[C@@H](O)CC(=O)Oc1ccccc1. The fourth-order valence-corrected chi connectivity index (χ4v) is 2.06. The molecule has 0 unspecified atom stereocenters. The average Bonchev–Trinajstić information content (AvgIpc) is 2.48. The summed E-state index contributed by atoms with van der Waals surface area (Å²) in [6, 6.07) is 14.8. The molecule has 110 valence electrons. The number of carbonyl (C=O) groups excluding carboxylic acids is 1. The molecule has 0 saturated carbocycles. The summed E-state index contributed by atoms with van der Waals surface area (Å²) in [5.74, 6) is -1.000. The second kappa shape index (κ2) is 6.99. The van der Waals surface area contributed by atoms with Gasteiger partial charge in [0.25, 0.3) is 0 Å². The van der Waals surface area contributed by atoms with E-state index in [9.17, 15) is 14.3 Å². The Bertz CT molecular complexity index is 598. The lowest BCUT2D eigenvalue weighted by Gasteiger charge is -2.19. The predicted octanol–water partition coefficient (Wildman–Crippen LogP) is 3.29. The molecule has 2 atom stereocenters. The van der Waals surface area contributed by atoms with E-state index in [1.165, 1.54) is 6.07 Å². The number of esters is 1. The van der Waals surface area contributed by atoms with Crippen LogP contribution in [-0.2, 0) is 4.79 Å². The van der Waals surface area contributed by atoms with Gasteiger partial charge in [-0.3, -0.25) is 4.79 Å². The molecule has 0 aromatic heterocycles. The first-order valence-electron chi connectivity index (χ1n) is 6.76. The van der Waals surface area contributed by atoms with Crippen molar-refractivity contribution in [1.29, 1.82) is 0 Å². The first kappa shape index (κ1) is 15.2. The van der Waals surface area contributed by atoms with E-state index >= 15 is 0 Å². The molecule has 0 bridgehead atoms. The zero-order valence-electron chi connectivity index (χ0n) is 11.7. The van der Waals surface area contributed by atoms with Gasteiger partial charge in [0, 0.05) is 5.92 Å². The molecule has 0 aliphatic rings. The molecule has 0 saturated heterocycles. The number of hydrogen-bond donors (Lipinski definition) is 1. The highest BCUT2D eigenvalue weighted by Crippen LogP contribution is 2.24. The van der Waals surface area contributed by atoms with Gasteiger partial charge in [0.05, 0.1) is 12.5 Å². The zero-order chi connectivity index (χ0) is 15.2. The number of halogens is 1. The van der Waals surface area contributed by atoms with Crippen molar-refractivity contribution in [3.63, 3.8) is 0 Å². The van der Waals surface area contributed by atoms with Gasteiger partial charge >= 0.3 is 5.97 Å². The summed E-state index contributed by atoms with van der Waals surface area (Å²) in [5, 5.41) is 10.1. The van der Waals surface area contributed by atoms with Crippen LogP contribution in [0.5, 0.6) is 5.75 Å². The van der Waals surface area contributed by atoms with E-state index in [0.717, 1.165) is 0 Å². The summed E-state index contributed by atoms with van der Waals surface area (Å²) >= 11 is 0. The quantitative estimate of drug-likeness (QED) is 0.678. The largest absolute Gasteiger partial charge is 0.426 e. The molecule has 2 aromatic carbocycles. The van der Waals surface area contributed by atoms with Crippen LogP contribution >= 0.6 is 0 Å². The minimum absolute atomic E-state index is 0.190. The molecule has 0 spiro atoms. The number of para-hydroxylation sites is 1. The topological polar surface area (TPSA) is 46.5 Å². The van der Waals surface area contributed by atoms with Gasteiger partial charge in [-0.05, 0) is 23.8 Å². The maximum Gasteiger partial charge on any atom is 0.313 e. The van der Waals surface area contributed by atoms with Gasteiger partial charge in [-0.2, -0.15) is 0 Å². The first-order valence-corrected chi connectivity index (χ1v) is 6.76. The van der Waals surface area contributed by atoms with E-state index in [2.05, 4.69) is 0 Å². The predicted molar refractivity (Wildman–Crippen MR) is 77.5 cm³/mol. The van der Waals surface area contributed by atoms with Gasteiger partial charge < -0.3 is 9.84 Å². The van der Waals surface area contributed by atoms with Crippen molar-refractivity contribution in [2.75, 3.05) is 0 Å². The second-order valence-electron chi connectivity index (χ2n) is 4.87. The van der Waals surface area contributed by atoms with Gasteiger partial charge in [-0.1, -0.05) is 43.3 Å². The Morgan fingerprint density at radius 1 is 1.14 bits per heavy atom. The molecular weight excluding hydrogens is 271 g/mol. The molecule has 0 heterocycles. The minimum Gasteiger partial charge on any atom is -0.426 e. The van der Waals surface area contributed by atoms with Gasteiger partial charge in [-0.15, -0.1) is 0 Å². The van der Waals surface area contributed by atoms with Crippen LogP contribution in [-0.4, -0.2) is 17.2 Å². The highest BCUT2D eigenvalue weighted by Gasteiger charge is 2.22. The monoisotopic (exact) mass is 288 g/mol. The van der Waals surface area contributed by atoms with Gasteiger partial charge in [0.15, 0.2) is 0 Å². The molecular formula is C17H17FO3. The molecule has 21 heavy (non-hydrogen) atoms. The fourth-order valence-electron chi connectivity index (χ4n) is 2.06. The highest BCUT2D eigenvalue weighted by molar-refractivity contribution is 5.73. The average molecular weight is 288 g/mol. The van der Waals surface area contributed by atoms with Crippen molar-refractivity contribution in [1.82, 2.24) is 0 Å². The van der Waals surface area contributed by atoms with Crippen LogP contribution in [0.15, 0.2) is 54.6 Å². The summed E-state index contributed by atoms with van der Waals surface area (Å²) in [4.78, 5) is 11.8. The Labute approximate surface area is 123 Å². The first-order chi connectivity index (χ1) is 10.1. The number of benzene rings is 2. The van der Waals surface area contributed by atoms with Crippen LogP contribution in [0.25, 0.3) is 0 Å². The van der Waals surface area contributed by atoms with Crippen molar-refractivity contribution in [3.8, 4) is 5.75 Å². The molecule has 0 fully saturated rings. The minimum atomic E-state index is -1.00. The van der Waals surface area contributed by atoms with Crippen LogP contribution in [0.4, 0.5) is 4.39 Å². The molecule has 2 aromatic rings. The van der Waals surface area contributed by atoms with Gasteiger partial charge in [-0.25, -0.2) is 4.39 Å². The van der Waals surface area contributed by atoms with Crippen molar-refractivity contribution in [2.24, 2.45) is 0 Å². The number of aliphatic hydroxyl groups is 1. The Morgan fingerprint density at radius 3 is 2.43 bits per heavy atom. The molecule has 0 amide bonds. The highest BCUT2D eigenvalue weighted by atomic mass is 19.1. The Morgan fingerprint density at radius 2 is 1.76 bits per heavy atom. The van der Waals surface area contributed by atoms with E-state index in [1.54, 1.807) is 49.4 Å². The number of rotatable bonds is 5. The third-order valence-corrected chi connectivity index (χ3v) is 3.32. The maximum absolute atomic E-state index is 13.7. The van der Waals surface area contributed by atoms with Crippen molar-refractivity contribution < 1.29 is 19.0 Å². The van der Waals surface area contributed by atoms with E-state index in [1.807, 2.05) is 6.07 Å². The molecule has 0 aliphatic heterocycles. The molecule has 1 N–H and O–H groups in total. The number of hydrogen-bond acceptors (Lipinski definition) is 3. The van der Waals surface area contributed by atoms with Crippen LogP contribution in [0.2, 0.25) is 0 Å². The van der Waals surface area contributed by atoms with Crippen molar-refractivity contribution >= 4 is 5.97 Å². The smallest absolute Gasteiger partial charge is 0.313 e. The summed E-state index contributed by atoms with van der Waals surface area (Å²) < 4.78 is 18.8. The van der Waals surface area contributed by atoms with Crippen LogP contribution in [0.1, 0.15) is 24.8 Å². The standard InChI is InChI=1S/C17H17FO3/c1-12(14-9-5-6-10-15(14)18)16(19)11-17(20)21-13-7-3-2-4-8-13/h2-10,12,16,19H,11H2,1H3/t12-,16-/m0/s1. The van der Waals surface area contributed by atoms with Crippen molar-refractivity contribution in [2.45, 2.75) is 25.4 Å². The zero-order valence-corrected chi connectivity index (χ0v) is 11.7. The number of ether oxygens (including phenoxy) is 1. The number of aliphatic hydroxyl groups excluding tert-OH is 1. The number of carbonyl (C=O) groups is 1. The summed E-state index contributed by atoms with van der Waals surface area (Å²) in [5.41, 5.74) is 0.387. The van der Waals surface area contributed by atoms with E-state index in [-0.39, 0.29) is 12.2 Å². The lowest BCUT2D eigenvalue weighted by molar-refractivity contribution is -0.136. The van der Waals surface area contributed by atoms with E-state index in [4.69, 9.17) is 4.74 Å². The lowest BCUT2D eigenvalue weighted by Crippen LogP contribution is -2.23. The summed E-state index contributed by atoms with van der Waals surface area (Å²) in [6.45, 7) is 1.68. The third-order valence-electron chi connectivity index (χ3n) is 3.32. The molecule has 0 aliphatic carbocycles. The van der Waals surface area contributed by atoms with Crippen LogP contribution < -0.4 is 4.74 Å². The Kier molecular flexibility index (Phi) is 5.06. The van der Waals surface area contributed by atoms with Crippen molar-refractivity contribution in [3.05, 3.63) is 66.0 Å². The van der Waals surface area contributed by atoms with Crippen LogP contribution in [0.3, 0.4) is 0 Å². The summed E-state index contributed by atoms with van der Waals surface area (Å²) in [6.07, 6.45) is -1.19. The summed E-state index contributed by atoms with van der Waals surface area (Å²) in [7, 11) is 0. The van der Waals surface area contributed by atoms with Crippen LogP contribution in [0, 0.1) is 5.82 Å². The Hall–Kier alpha value is -2.20. The van der Waals surface area contributed by atoms with Gasteiger partial charge in [0.2, 0.25) is 0 Å². The molecule has 2 rings (SSSR count). The van der Waals surface area contributed by atoms with E-state index in [0.29, 0.717) is 11.3 Å². The maximum atomic E-state index is 13.7. The second-order valence-corrected chi connectivity index (χ2v) is 4.87. The lowest BCUT2D eigenvalue weighted by atomic mass is 9.93.